The van der Waals surface area contributed by atoms with Gasteiger partial charge < -0.3 is 5.32 Å². The monoisotopic (exact) mass is 339 g/mol. The van der Waals surface area contributed by atoms with Gasteiger partial charge in [0.25, 0.3) is 5.56 Å². The van der Waals surface area contributed by atoms with Crippen LogP contribution in [-0.4, -0.2) is 31.8 Å². The average Bonchev–Trinajstić information content (AvgIpc) is 3.07. The highest BCUT2D eigenvalue weighted by atomic mass is 16.2. The first-order chi connectivity index (χ1) is 12.0. The van der Waals surface area contributed by atoms with Gasteiger partial charge in [-0.25, -0.2) is 9.20 Å². The van der Waals surface area contributed by atoms with Crippen LogP contribution in [0.15, 0.2) is 47.7 Å². The van der Waals surface area contributed by atoms with Gasteiger partial charge in [0.2, 0.25) is 5.91 Å². The molecule has 1 aromatic carbocycles. The fourth-order valence-electron chi connectivity index (χ4n) is 2.59. The van der Waals surface area contributed by atoms with E-state index in [1.165, 1.54) is 28.2 Å². The molecule has 0 spiro atoms. The summed E-state index contributed by atoms with van der Waals surface area (Å²) < 4.78 is 2.53. The second-order valence-corrected chi connectivity index (χ2v) is 6.25. The highest BCUT2D eigenvalue weighted by Gasteiger charge is 2.08. The van der Waals surface area contributed by atoms with Gasteiger partial charge in [-0.15, -0.1) is 0 Å². The number of nitrogens with zero attached hydrogens (tertiary/aromatic N) is 4. The summed E-state index contributed by atoms with van der Waals surface area (Å²) >= 11 is 0. The summed E-state index contributed by atoms with van der Waals surface area (Å²) in [5, 5.41) is 10.7. The van der Waals surface area contributed by atoms with Gasteiger partial charge in [0.1, 0.15) is 18.4 Å². The molecule has 7 nitrogen and oxygen atoms in total. The van der Waals surface area contributed by atoms with Crippen molar-refractivity contribution in [1.82, 2.24) is 24.7 Å². The van der Waals surface area contributed by atoms with E-state index >= 15 is 0 Å². The molecule has 0 aliphatic rings. The Morgan fingerprint density at radius 3 is 2.64 bits per heavy atom. The molecule has 0 atom stereocenters. The molecule has 130 valence electrons. The lowest BCUT2D eigenvalue weighted by Crippen LogP contribution is -2.35. The third-order valence-electron chi connectivity index (χ3n) is 4.10. The normalized spacial score (nSPS) is 11.2. The topological polar surface area (TPSA) is 81.3 Å². The van der Waals surface area contributed by atoms with Gasteiger partial charge in [0, 0.05) is 6.54 Å². The number of hydrogen-bond acceptors (Lipinski definition) is 4. The van der Waals surface area contributed by atoms with E-state index in [1.54, 1.807) is 6.07 Å². The van der Waals surface area contributed by atoms with E-state index in [4.69, 9.17) is 0 Å². The highest BCUT2D eigenvalue weighted by molar-refractivity contribution is 5.75. The summed E-state index contributed by atoms with van der Waals surface area (Å²) in [7, 11) is 0. The van der Waals surface area contributed by atoms with Gasteiger partial charge in [0.05, 0.1) is 6.20 Å². The van der Waals surface area contributed by atoms with Crippen molar-refractivity contribution in [3.8, 4) is 0 Å². The molecule has 0 aliphatic heterocycles. The van der Waals surface area contributed by atoms with Crippen LogP contribution in [0.25, 0.3) is 5.52 Å². The number of hydrogen-bond donors (Lipinski definition) is 1. The molecule has 0 saturated heterocycles. The molecule has 3 rings (SSSR count). The van der Waals surface area contributed by atoms with E-state index in [2.05, 4.69) is 53.6 Å². The van der Waals surface area contributed by atoms with E-state index in [1.807, 2.05) is 0 Å². The lowest BCUT2D eigenvalue weighted by atomic mass is 10.0. The minimum atomic E-state index is -0.334. The third-order valence-corrected chi connectivity index (χ3v) is 4.10. The van der Waals surface area contributed by atoms with Gasteiger partial charge in [-0.05, 0) is 29.5 Å². The van der Waals surface area contributed by atoms with Crippen molar-refractivity contribution in [2.24, 2.45) is 0 Å². The van der Waals surface area contributed by atoms with Crippen molar-refractivity contribution in [3.63, 3.8) is 0 Å². The smallest absolute Gasteiger partial charge is 0.293 e. The molecule has 2 heterocycles. The minimum absolute atomic E-state index is 0.104. The van der Waals surface area contributed by atoms with Crippen LogP contribution in [0.1, 0.15) is 30.9 Å². The van der Waals surface area contributed by atoms with E-state index in [0.717, 1.165) is 11.1 Å². The van der Waals surface area contributed by atoms with Gasteiger partial charge in [0.15, 0.2) is 0 Å². The SMILES string of the molecule is CC(C)c1ccc(CCNC(=O)Cn2ncn3nccc3c2=O)cc1. The Morgan fingerprint density at radius 1 is 1.16 bits per heavy atom. The lowest BCUT2D eigenvalue weighted by Gasteiger charge is -2.08. The number of nitrogens with one attached hydrogen (secondary N) is 1. The van der Waals surface area contributed by atoms with Gasteiger partial charge in [-0.3, -0.25) is 9.59 Å². The predicted octanol–water partition coefficient (Wildman–Crippen LogP) is 1.37. The number of carbonyl (C=O) groups excluding carboxylic acids is 1. The van der Waals surface area contributed by atoms with Crippen LogP contribution in [0.3, 0.4) is 0 Å². The molecule has 3 aromatic rings. The van der Waals surface area contributed by atoms with Gasteiger partial charge in [-0.2, -0.15) is 10.2 Å². The molecule has 0 aliphatic carbocycles. The molecule has 0 saturated carbocycles. The van der Waals surface area contributed by atoms with Crippen LogP contribution in [0.4, 0.5) is 0 Å². The molecule has 0 bridgehead atoms. The maximum Gasteiger partial charge on any atom is 0.293 e. The van der Waals surface area contributed by atoms with Crippen molar-refractivity contribution in [2.45, 2.75) is 32.7 Å². The molecule has 2 aromatic heterocycles. The fraction of sp³-hybridized carbons (Fsp3) is 0.333. The standard InChI is InChI=1S/C18H21N5O2/c1-13(2)15-5-3-14(4-6-15)7-9-19-17(24)11-22-18(25)16-8-10-20-23(16)12-21-22/h3-6,8,10,12-13H,7,9,11H2,1-2H3,(H,19,24). The number of benzene rings is 1. The Balaban J connectivity index is 1.54. The molecule has 1 amide bonds. The van der Waals surface area contributed by atoms with Crippen molar-refractivity contribution in [1.29, 1.82) is 0 Å². The second-order valence-electron chi connectivity index (χ2n) is 6.25. The summed E-state index contributed by atoms with van der Waals surface area (Å²) in [5.74, 6) is 0.268. The quantitative estimate of drug-likeness (QED) is 0.735. The number of fused-ring (bicyclic) bond motifs is 1. The first kappa shape index (κ1) is 16.9. The molecule has 0 fully saturated rings. The highest BCUT2D eigenvalue weighted by Crippen LogP contribution is 2.14. The zero-order valence-electron chi connectivity index (χ0n) is 14.3. The molecular formula is C18H21N5O2. The summed E-state index contributed by atoms with van der Waals surface area (Å²) in [6.07, 6.45) is 3.68. The van der Waals surface area contributed by atoms with E-state index in [0.29, 0.717) is 18.0 Å². The van der Waals surface area contributed by atoms with E-state index in [9.17, 15) is 9.59 Å². The maximum atomic E-state index is 12.2. The fourth-order valence-corrected chi connectivity index (χ4v) is 2.59. The van der Waals surface area contributed by atoms with Crippen LogP contribution in [0.2, 0.25) is 0 Å². The van der Waals surface area contributed by atoms with Crippen LogP contribution in [-0.2, 0) is 17.8 Å². The molecule has 0 radical (unpaired) electrons. The van der Waals surface area contributed by atoms with Crippen molar-refractivity contribution in [3.05, 3.63) is 64.3 Å². The summed E-state index contributed by atoms with van der Waals surface area (Å²) in [4.78, 5) is 24.2. The zero-order chi connectivity index (χ0) is 17.8. The van der Waals surface area contributed by atoms with Crippen LogP contribution >= 0.6 is 0 Å². The molecule has 7 heteroatoms. The maximum absolute atomic E-state index is 12.2. The molecule has 0 unspecified atom stereocenters. The zero-order valence-corrected chi connectivity index (χ0v) is 14.3. The third kappa shape index (κ3) is 3.93. The first-order valence-corrected chi connectivity index (χ1v) is 8.29. The van der Waals surface area contributed by atoms with Crippen molar-refractivity contribution in [2.75, 3.05) is 6.54 Å². The van der Waals surface area contributed by atoms with Crippen LogP contribution in [0, 0.1) is 0 Å². The number of carbonyl (C=O) groups is 1. The predicted molar refractivity (Wildman–Crippen MR) is 94.5 cm³/mol. The number of rotatable bonds is 6. The Morgan fingerprint density at radius 2 is 1.92 bits per heavy atom. The number of amides is 1. The lowest BCUT2D eigenvalue weighted by molar-refractivity contribution is -0.121. The van der Waals surface area contributed by atoms with Gasteiger partial charge in [-0.1, -0.05) is 38.1 Å². The van der Waals surface area contributed by atoms with Crippen molar-refractivity contribution >= 4 is 11.4 Å². The molecule has 25 heavy (non-hydrogen) atoms. The Labute approximate surface area is 145 Å². The summed E-state index contributed by atoms with van der Waals surface area (Å²) in [6.45, 7) is 4.73. The van der Waals surface area contributed by atoms with E-state index in [-0.39, 0.29) is 18.0 Å². The molecule has 1 N–H and O–H groups in total. The largest absolute Gasteiger partial charge is 0.354 e. The Bertz CT molecular complexity index is 925. The van der Waals surface area contributed by atoms with Crippen molar-refractivity contribution < 1.29 is 4.79 Å². The van der Waals surface area contributed by atoms with Crippen LogP contribution < -0.4 is 10.9 Å². The summed E-state index contributed by atoms with van der Waals surface area (Å²) in [5.41, 5.74) is 2.53. The molecular weight excluding hydrogens is 318 g/mol. The first-order valence-electron chi connectivity index (χ1n) is 8.29. The number of aromatic nitrogens is 4. The second kappa shape index (κ2) is 7.29. The van der Waals surface area contributed by atoms with Crippen LogP contribution in [0.5, 0.6) is 0 Å². The Kier molecular flexibility index (Phi) is 4.92. The summed E-state index contributed by atoms with van der Waals surface area (Å²) in [6, 6.07) is 10.00. The average molecular weight is 339 g/mol. The Hall–Kier alpha value is -2.96. The van der Waals surface area contributed by atoms with Gasteiger partial charge >= 0.3 is 0 Å². The minimum Gasteiger partial charge on any atom is -0.354 e. The van der Waals surface area contributed by atoms with E-state index < -0.39 is 0 Å².